The van der Waals surface area contributed by atoms with Crippen molar-refractivity contribution < 1.29 is 9.47 Å². The molecular formula is C9H11BrN2O4. The van der Waals surface area contributed by atoms with Crippen molar-refractivity contribution in [3.63, 3.8) is 0 Å². The molecule has 0 bridgehead atoms. The van der Waals surface area contributed by atoms with E-state index >= 15 is 0 Å². The fourth-order valence-electron chi connectivity index (χ4n) is 0.923. The van der Waals surface area contributed by atoms with E-state index in [1.165, 1.54) is 12.3 Å². The average Bonchev–Trinajstić information content (AvgIpc) is 2.71. The van der Waals surface area contributed by atoms with Crippen molar-refractivity contribution in [2.45, 2.75) is 6.10 Å². The van der Waals surface area contributed by atoms with Crippen LogP contribution in [0.2, 0.25) is 0 Å². The SMILES string of the molecule is BrC=C[C@H]1COCO1.O=c1cc[nH]c(=O)[nH]1. The second-order valence-corrected chi connectivity index (χ2v) is 3.34. The summed E-state index contributed by atoms with van der Waals surface area (Å²) < 4.78 is 9.97. The highest BCUT2D eigenvalue weighted by atomic mass is 79.9. The summed E-state index contributed by atoms with van der Waals surface area (Å²) in [7, 11) is 0. The van der Waals surface area contributed by atoms with E-state index in [0.29, 0.717) is 13.4 Å². The average molecular weight is 291 g/mol. The van der Waals surface area contributed by atoms with Gasteiger partial charge in [0.15, 0.2) is 0 Å². The van der Waals surface area contributed by atoms with Gasteiger partial charge in [-0.1, -0.05) is 15.9 Å². The summed E-state index contributed by atoms with van der Waals surface area (Å²) in [5.74, 6) is 0. The second-order valence-electron chi connectivity index (χ2n) is 2.81. The number of halogens is 1. The summed E-state index contributed by atoms with van der Waals surface area (Å²) in [6.45, 7) is 1.12. The third-order valence-electron chi connectivity index (χ3n) is 1.62. The molecule has 16 heavy (non-hydrogen) atoms. The Balaban J connectivity index is 0.000000160. The van der Waals surface area contributed by atoms with E-state index in [2.05, 4.69) is 20.9 Å². The fourth-order valence-corrected chi connectivity index (χ4v) is 1.26. The molecule has 6 nitrogen and oxygen atoms in total. The minimum absolute atomic E-state index is 0.161. The molecule has 2 N–H and O–H groups in total. The molecule has 0 amide bonds. The van der Waals surface area contributed by atoms with Gasteiger partial charge in [-0.05, 0) is 11.1 Å². The highest BCUT2D eigenvalue weighted by Gasteiger charge is 2.10. The van der Waals surface area contributed by atoms with Crippen LogP contribution in [-0.2, 0) is 9.47 Å². The van der Waals surface area contributed by atoms with E-state index in [0.717, 1.165) is 0 Å². The Hall–Kier alpha value is -1.18. The Bertz CT molecular complexity index is 408. The van der Waals surface area contributed by atoms with Gasteiger partial charge in [0.25, 0.3) is 5.56 Å². The van der Waals surface area contributed by atoms with Crippen molar-refractivity contribution in [1.29, 1.82) is 0 Å². The molecule has 0 spiro atoms. The molecule has 1 aliphatic heterocycles. The lowest BCUT2D eigenvalue weighted by atomic mass is 10.4. The third kappa shape index (κ3) is 5.06. The van der Waals surface area contributed by atoms with Gasteiger partial charge >= 0.3 is 5.69 Å². The first-order chi connectivity index (χ1) is 7.72. The molecule has 2 rings (SSSR count). The highest BCUT2D eigenvalue weighted by Crippen LogP contribution is 2.04. The van der Waals surface area contributed by atoms with Crippen LogP contribution in [-0.4, -0.2) is 29.5 Å². The maximum Gasteiger partial charge on any atom is 0.325 e. The zero-order chi connectivity index (χ0) is 11.8. The number of hydrogen-bond acceptors (Lipinski definition) is 4. The van der Waals surface area contributed by atoms with Gasteiger partial charge in [-0.25, -0.2) is 4.79 Å². The van der Waals surface area contributed by atoms with Gasteiger partial charge in [-0.2, -0.15) is 0 Å². The summed E-state index contributed by atoms with van der Waals surface area (Å²) in [6.07, 6.45) is 3.36. The van der Waals surface area contributed by atoms with Crippen LogP contribution in [0, 0.1) is 0 Å². The largest absolute Gasteiger partial charge is 0.352 e. The Morgan fingerprint density at radius 2 is 2.31 bits per heavy atom. The van der Waals surface area contributed by atoms with E-state index < -0.39 is 5.69 Å². The van der Waals surface area contributed by atoms with Crippen molar-refractivity contribution >= 4 is 15.9 Å². The molecule has 7 heteroatoms. The molecule has 2 heterocycles. The van der Waals surface area contributed by atoms with Gasteiger partial charge in [0, 0.05) is 12.3 Å². The van der Waals surface area contributed by atoms with Crippen molar-refractivity contribution in [2.75, 3.05) is 13.4 Å². The van der Waals surface area contributed by atoms with Gasteiger partial charge in [-0.3, -0.25) is 9.78 Å². The van der Waals surface area contributed by atoms with Crippen LogP contribution in [0.5, 0.6) is 0 Å². The molecule has 1 atom stereocenters. The zero-order valence-electron chi connectivity index (χ0n) is 8.31. The lowest BCUT2D eigenvalue weighted by Crippen LogP contribution is -2.19. The minimum atomic E-state index is -0.475. The first-order valence-corrected chi connectivity index (χ1v) is 5.38. The van der Waals surface area contributed by atoms with E-state index in [9.17, 15) is 9.59 Å². The predicted molar refractivity (Wildman–Crippen MR) is 61.4 cm³/mol. The summed E-state index contributed by atoms with van der Waals surface area (Å²) >= 11 is 3.14. The Morgan fingerprint density at radius 1 is 1.50 bits per heavy atom. The predicted octanol–water partition coefficient (Wildman–Crippen LogP) is 0.331. The quantitative estimate of drug-likeness (QED) is 0.781. The lowest BCUT2D eigenvalue weighted by molar-refractivity contribution is 0.0572. The van der Waals surface area contributed by atoms with Gasteiger partial charge in [0.05, 0.1) is 6.61 Å². The van der Waals surface area contributed by atoms with Crippen LogP contribution in [0.3, 0.4) is 0 Å². The molecule has 0 radical (unpaired) electrons. The Kier molecular flexibility index (Phi) is 5.76. The Morgan fingerprint density at radius 3 is 2.75 bits per heavy atom. The first-order valence-electron chi connectivity index (χ1n) is 4.46. The maximum absolute atomic E-state index is 10.2. The van der Waals surface area contributed by atoms with E-state index in [1.807, 2.05) is 11.1 Å². The molecule has 1 aromatic heterocycles. The summed E-state index contributed by atoms with van der Waals surface area (Å²) in [5, 5.41) is 0. The van der Waals surface area contributed by atoms with E-state index in [-0.39, 0.29) is 11.7 Å². The molecule has 88 valence electrons. The molecule has 0 aromatic carbocycles. The number of aromatic amines is 2. The lowest BCUT2D eigenvalue weighted by Gasteiger charge is -1.94. The van der Waals surface area contributed by atoms with Crippen molar-refractivity contribution in [3.05, 3.63) is 44.2 Å². The van der Waals surface area contributed by atoms with E-state index in [4.69, 9.17) is 9.47 Å². The number of rotatable bonds is 1. The summed E-state index contributed by atoms with van der Waals surface area (Å²) in [4.78, 5) is 26.4. The minimum Gasteiger partial charge on any atom is -0.352 e. The number of H-pyrrole nitrogens is 2. The van der Waals surface area contributed by atoms with Gasteiger partial charge < -0.3 is 14.5 Å². The molecule has 1 aliphatic rings. The fraction of sp³-hybridized carbons (Fsp3) is 0.333. The standard InChI is InChI=1S/C5H7BrO2.C4H4N2O2/c6-2-1-5-3-7-4-8-5;7-3-1-2-5-4(8)6-3/h1-2,5H,3-4H2;1-2H,(H2,5,6,7,8)/t5-;/m0./s1. The molecule has 1 aromatic rings. The number of aromatic nitrogens is 2. The topological polar surface area (TPSA) is 84.2 Å². The second kappa shape index (κ2) is 7.15. The van der Waals surface area contributed by atoms with E-state index in [1.54, 1.807) is 4.99 Å². The van der Waals surface area contributed by atoms with Crippen molar-refractivity contribution in [2.24, 2.45) is 0 Å². The van der Waals surface area contributed by atoms with Crippen molar-refractivity contribution in [1.82, 2.24) is 9.97 Å². The zero-order valence-corrected chi connectivity index (χ0v) is 9.90. The number of nitrogens with one attached hydrogen (secondary N) is 2. The van der Waals surface area contributed by atoms with Crippen LogP contribution in [0.15, 0.2) is 32.9 Å². The molecule has 1 fully saturated rings. The Labute approximate surface area is 99.4 Å². The number of hydrogen-bond donors (Lipinski definition) is 2. The van der Waals surface area contributed by atoms with Crippen LogP contribution < -0.4 is 11.2 Å². The van der Waals surface area contributed by atoms with Crippen LogP contribution in [0.1, 0.15) is 0 Å². The summed E-state index contributed by atoms with van der Waals surface area (Å²) in [6, 6.07) is 1.24. The first kappa shape index (κ1) is 12.9. The summed E-state index contributed by atoms with van der Waals surface area (Å²) in [5.41, 5.74) is -0.855. The smallest absolute Gasteiger partial charge is 0.325 e. The van der Waals surface area contributed by atoms with Crippen LogP contribution >= 0.6 is 15.9 Å². The molecule has 1 saturated heterocycles. The monoisotopic (exact) mass is 290 g/mol. The van der Waals surface area contributed by atoms with Gasteiger partial charge in [-0.15, -0.1) is 0 Å². The molecule has 0 unspecified atom stereocenters. The van der Waals surface area contributed by atoms with Crippen LogP contribution in [0.25, 0.3) is 0 Å². The molecule has 0 aliphatic carbocycles. The highest BCUT2D eigenvalue weighted by molar-refractivity contribution is 9.11. The van der Waals surface area contributed by atoms with Crippen molar-refractivity contribution in [3.8, 4) is 0 Å². The normalized spacial score (nSPS) is 19.4. The molecular weight excluding hydrogens is 280 g/mol. The molecule has 0 saturated carbocycles. The third-order valence-corrected chi connectivity index (χ3v) is 1.93. The maximum atomic E-state index is 10.2. The van der Waals surface area contributed by atoms with Gasteiger partial charge in [0.1, 0.15) is 12.9 Å². The van der Waals surface area contributed by atoms with Gasteiger partial charge in [0.2, 0.25) is 0 Å². The number of ether oxygens (including phenoxy) is 2. The van der Waals surface area contributed by atoms with Crippen LogP contribution in [0.4, 0.5) is 0 Å².